The summed E-state index contributed by atoms with van der Waals surface area (Å²) in [5.74, 6) is -0.432. The van der Waals surface area contributed by atoms with E-state index in [4.69, 9.17) is 0 Å². The predicted molar refractivity (Wildman–Crippen MR) is 105 cm³/mol. The van der Waals surface area contributed by atoms with Gasteiger partial charge in [-0.1, -0.05) is 30.3 Å². The monoisotopic (exact) mass is 383 g/mol. The highest BCUT2D eigenvalue weighted by atomic mass is 32.1. The van der Waals surface area contributed by atoms with Crippen LogP contribution in [0, 0.1) is 0 Å². The van der Waals surface area contributed by atoms with E-state index >= 15 is 0 Å². The molecule has 0 unspecified atom stereocenters. The van der Waals surface area contributed by atoms with Crippen LogP contribution < -0.4 is 10.6 Å². The molecule has 0 bridgehead atoms. The number of nitrogens with one attached hydrogen (secondary N) is 2. The van der Waals surface area contributed by atoms with Crippen LogP contribution in [0.2, 0.25) is 0 Å². The molecule has 0 radical (unpaired) electrons. The normalized spacial score (nSPS) is 11.8. The molecular formula is C19H21N5O2S. The molecule has 2 aromatic heterocycles. The molecule has 0 aliphatic heterocycles. The molecule has 1 aromatic carbocycles. The predicted octanol–water partition coefficient (Wildman–Crippen LogP) is 3.03. The van der Waals surface area contributed by atoms with E-state index in [1.165, 1.54) is 18.3 Å². The van der Waals surface area contributed by atoms with Crippen molar-refractivity contribution in [3.05, 3.63) is 64.4 Å². The van der Waals surface area contributed by atoms with Crippen molar-refractivity contribution in [2.75, 3.05) is 5.32 Å². The van der Waals surface area contributed by atoms with Crippen LogP contribution in [0.5, 0.6) is 0 Å². The minimum absolute atomic E-state index is 0.135. The number of thiazole rings is 1. The number of aromatic nitrogens is 3. The molecule has 8 heteroatoms. The van der Waals surface area contributed by atoms with E-state index in [0.717, 1.165) is 12.1 Å². The molecule has 0 aliphatic carbocycles. The Hall–Kier alpha value is -3.00. The van der Waals surface area contributed by atoms with Gasteiger partial charge in [-0.2, -0.15) is 5.10 Å². The van der Waals surface area contributed by atoms with Gasteiger partial charge in [0.1, 0.15) is 10.7 Å². The molecule has 140 valence electrons. The van der Waals surface area contributed by atoms with Crippen molar-refractivity contribution in [2.24, 2.45) is 0 Å². The van der Waals surface area contributed by atoms with Gasteiger partial charge in [-0.15, -0.1) is 11.3 Å². The summed E-state index contributed by atoms with van der Waals surface area (Å²) in [4.78, 5) is 28.5. The van der Waals surface area contributed by atoms with E-state index in [9.17, 15) is 9.59 Å². The van der Waals surface area contributed by atoms with Gasteiger partial charge in [-0.25, -0.2) is 4.98 Å². The zero-order valence-corrected chi connectivity index (χ0v) is 16.0. The Bertz CT molecular complexity index is 919. The van der Waals surface area contributed by atoms with E-state index in [2.05, 4.69) is 20.7 Å². The third-order valence-electron chi connectivity index (χ3n) is 3.93. The molecule has 0 spiro atoms. The van der Waals surface area contributed by atoms with Gasteiger partial charge in [-0.05, 0) is 18.9 Å². The summed E-state index contributed by atoms with van der Waals surface area (Å²) in [7, 11) is 0. The Morgan fingerprint density at radius 3 is 2.70 bits per heavy atom. The summed E-state index contributed by atoms with van der Waals surface area (Å²) in [5, 5.41) is 12.2. The first-order valence-corrected chi connectivity index (χ1v) is 9.53. The van der Waals surface area contributed by atoms with Gasteiger partial charge in [0, 0.05) is 25.0 Å². The Kier molecular flexibility index (Phi) is 5.97. The van der Waals surface area contributed by atoms with Crippen molar-refractivity contribution < 1.29 is 9.59 Å². The maximum Gasteiger partial charge on any atom is 0.275 e. The molecule has 27 heavy (non-hydrogen) atoms. The molecule has 2 N–H and O–H groups in total. The maximum atomic E-state index is 12.4. The summed E-state index contributed by atoms with van der Waals surface area (Å²) in [6, 6.07) is 9.58. The van der Waals surface area contributed by atoms with Crippen molar-refractivity contribution in [1.29, 1.82) is 0 Å². The largest absolute Gasteiger partial charge is 0.347 e. The molecule has 0 saturated heterocycles. The first-order chi connectivity index (χ1) is 13.0. The van der Waals surface area contributed by atoms with Gasteiger partial charge in [-0.3, -0.25) is 14.3 Å². The number of aryl methyl sites for hydroxylation is 1. The van der Waals surface area contributed by atoms with Crippen molar-refractivity contribution >= 4 is 28.8 Å². The van der Waals surface area contributed by atoms with Gasteiger partial charge in [0.15, 0.2) is 0 Å². The highest BCUT2D eigenvalue weighted by Crippen LogP contribution is 2.23. The van der Waals surface area contributed by atoms with Crippen LogP contribution in [-0.4, -0.2) is 26.6 Å². The lowest BCUT2D eigenvalue weighted by molar-refractivity contribution is -0.119. The fourth-order valence-corrected chi connectivity index (χ4v) is 3.49. The van der Waals surface area contributed by atoms with E-state index in [0.29, 0.717) is 22.8 Å². The first kappa shape index (κ1) is 18.8. The van der Waals surface area contributed by atoms with Crippen LogP contribution in [0.1, 0.15) is 40.9 Å². The summed E-state index contributed by atoms with van der Waals surface area (Å²) < 4.78 is 1.73. The zero-order valence-electron chi connectivity index (χ0n) is 15.2. The van der Waals surface area contributed by atoms with Crippen molar-refractivity contribution in [2.45, 2.75) is 32.9 Å². The number of anilines is 1. The molecule has 0 fully saturated rings. The Morgan fingerprint density at radius 2 is 2.04 bits per heavy atom. The summed E-state index contributed by atoms with van der Waals surface area (Å²) in [6.07, 6.45) is 3.98. The fraction of sp³-hybridized carbons (Fsp3) is 0.263. The second-order valence-corrected chi connectivity index (χ2v) is 6.94. The Balaban J connectivity index is 1.74. The number of hydrogen-bond donors (Lipinski definition) is 2. The number of amides is 2. The lowest BCUT2D eigenvalue weighted by atomic mass is 10.1. The summed E-state index contributed by atoms with van der Waals surface area (Å²) in [6.45, 7) is 4.18. The number of benzene rings is 1. The standard InChI is InChI=1S/C19H21N5O2S/c1-3-24-11-15(10-20-24)22-18(26)17-12-27-19(23-17)16(21-13(2)25)9-14-7-5-4-6-8-14/h4-8,10-12,16H,3,9H2,1-2H3,(H,21,25)(H,22,26)/t16-/m1/s1. The van der Waals surface area contributed by atoms with Crippen LogP contribution in [0.25, 0.3) is 0 Å². The van der Waals surface area contributed by atoms with Crippen molar-refractivity contribution in [3.63, 3.8) is 0 Å². The quantitative estimate of drug-likeness (QED) is 0.656. The van der Waals surface area contributed by atoms with Crippen molar-refractivity contribution in [1.82, 2.24) is 20.1 Å². The molecule has 2 heterocycles. The first-order valence-electron chi connectivity index (χ1n) is 8.65. The van der Waals surface area contributed by atoms with Gasteiger partial charge < -0.3 is 10.6 Å². The van der Waals surface area contributed by atoms with Gasteiger partial charge in [0.2, 0.25) is 5.91 Å². The Morgan fingerprint density at radius 1 is 1.26 bits per heavy atom. The minimum Gasteiger partial charge on any atom is -0.347 e. The van der Waals surface area contributed by atoms with E-state index in [1.807, 2.05) is 37.3 Å². The Labute approximate surface area is 161 Å². The van der Waals surface area contributed by atoms with E-state index in [-0.39, 0.29) is 17.9 Å². The van der Waals surface area contributed by atoms with Crippen molar-refractivity contribution in [3.8, 4) is 0 Å². The van der Waals surface area contributed by atoms with Crippen LogP contribution in [0.3, 0.4) is 0 Å². The third kappa shape index (κ3) is 5.01. The number of nitrogens with zero attached hydrogens (tertiary/aromatic N) is 3. The van der Waals surface area contributed by atoms with Gasteiger partial charge in [0.05, 0.1) is 17.9 Å². The molecule has 0 aliphatic rings. The highest BCUT2D eigenvalue weighted by Gasteiger charge is 2.20. The molecule has 0 saturated carbocycles. The fourth-order valence-electron chi connectivity index (χ4n) is 2.64. The van der Waals surface area contributed by atoms with Crippen LogP contribution in [0.15, 0.2) is 48.1 Å². The second-order valence-electron chi connectivity index (χ2n) is 6.05. The molecule has 2 amide bonds. The second kappa shape index (κ2) is 8.59. The molecule has 3 rings (SSSR count). The average molecular weight is 383 g/mol. The molecule has 3 aromatic rings. The number of rotatable bonds is 7. The van der Waals surface area contributed by atoms with E-state index in [1.54, 1.807) is 22.5 Å². The van der Waals surface area contributed by atoms with Crippen LogP contribution in [0.4, 0.5) is 5.69 Å². The minimum atomic E-state index is -0.297. The maximum absolute atomic E-state index is 12.4. The van der Waals surface area contributed by atoms with Crippen LogP contribution >= 0.6 is 11.3 Å². The molecule has 7 nitrogen and oxygen atoms in total. The van der Waals surface area contributed by atoms with Crippen LogP contribution in [-0.2, 0) is 17.8 Å². The number of hydrogen-bond acceptors (Lipinski definition) is 5. The zero-order chi connectivity index (χ0) is 19.2. The lowest BCUT2D eigenvalue weighted by Gasteiger charge is -2.15. The number of carbonyl (C=O) groups is 2. The molecular weight excluding hydrogens is 362 g/mol. The van der Waals surface area contributed by atoms with E-state index < -0.39 is 0 Å². The smallest absolute Gasteiger partial charge is 0.275 e. The van der Waals surface area contributed by atoms with Gasteiger partial charge in [0.25, 0.3) is 5.91 Å². The molecule has 1 atom stereocenters. The topological polar surface area (TPSA) is 88.9 Å². The SMILES string of the molecule is CCn1cc(NC(=O)c2csc([C@@H](Cc3ccccc3)NC(C)=O)n2)cn1. The lowest BCUT2D eigenvalue weighted by Crippen LogP contribution is -2.27. The highest BCUT2D eigenvalue weighted by molar-refractivity contribution is 7.10. The summed E-state index contributed by atoms with van der Waals surface area (Å²) in [5.41, 5.74) is 2.03. The third-order valence-corrected chi connectivity index (χ3v) is 4.89. The number of carbonyl (C=O) groups excluding carboxylic acids is 2. The average Bonchev–Trinajstić information content (AvgIpc) is 3.31. The summed E-state index contributed by atoms with van der Waals surface area (Å²) >= 11 is 1.36. The van der Waals surface area contributed by atoms with Gasteiger partial charge >= 0.3 is 0 Å².